The average molecular weight is 267 g/mol. The Kier molecular flexibility index (Phi) is 5.81. The lowest BCUT2D eigenvalue weighted by atomic mass is 10.2. The Bertz CT molecular complexity index is 418. The zero-order chi connectivity index (χ0) is 14.3. The lowest BCUT2D eigenvalue weighted by Gasteiger charge is -2.18. The summed E-state index contributed by atoms with van der Waals surface area (Å²) in [6.07, 6.45) is -1.86. The molecule has 0 aliphatic rings. The van der Waals surface area contributed by atoms with Crippen LogP contribution in [0.2, 0.25) is 0 Å². The number of alkyl carbamates (subject to hydrolysis) is 1. The van der Waals surface area contributed by atoms with Crippen molar-refractivity contribution in [2.75, 3.05) is 7.11 Å². The SMILES string of the molecule is COC(=O)C(NC(=O)OCc1ccccc1)C(C)O. The molecule has 0 fully saturated rings. The largest absolute Gasteiger partial charge is 0.467 e. The molecule has 2 unspecified atom stereocenters. The van der Waals surface area contributed by atoms with Crippen molar-refractivity contribution >= 4 is 12.1 Å². The van der Waals surface area contributed by atoms with E-state index in [0.29, 0.717) is 0 Å². The van der Waals surface area contributed by atoms with Crippen LogP contribution in [0.25, 0.3) is 0 Å². The molecule has 1 rings (SSSR count). The second-order valence-corrected chi connectivity index (χ2v) is 3.95. The van der Waals surface area contributed by atoms with E-state index in [1.165, 1.54) is 14.0 Å². The summed E-state index contributed by atoms with van der Waals surface area (Å²) in [5.74, 6) is -0.730. The lowest BCUT2D eigenvalue weighted by molar-refractivity contribution is -0.145. The summed E-state index contributed by atoms with van der Waals surface area (Å²) in [4.78, 5) is 22.8. The van der Waals surface area contributed by atoms with Crippen LogP contribution < -0.4 is 5.32 Å². The molecule has 1 amide bonds. The summed E-state index contributed by atoms with van der Waals surface area (Å²) in [5, 5.41) is 11.6. The predicted molar refractivity (Wildman–Crippen MR) is 67.2 cm³/mol. The van der Waals surface area contributed by atoms with Crippen LogP contribution >= 0.6 is 0 Å². The molecule has 6 nitrogen and oxygen atoms in total. The van der Waals surface area contributed by atoms with Crippen LogP contribution in [0.5, 0.6) is 0 Å². The number of nitrogens with one attached hydrogen (secondary N) is 1. The van der Waals surface area contributed by atoms with Crippen molar-refractivity contribution in [1.82, 2.24) is 5.32 Å². The molecule has 0 saturated carbocycles. The quantitative estimate of drug-likeness (QED) is 0.772. The fourth-order valence-electron chi connectivity index (χ4n) is 1.40. The monoisotopic (exact) mass is 267 g/mol. The first-order valence-electron chi connectivity index (χ1n) is 5.77. The van der Waals surface area contributed by atoms with Gasteiger partial charge >= 0.3 is 12.1 Å². The fourth-order valence-corrected chi connectivity index (χ4v) is 1.40. The molecule has 1 aromatic carbocycles. The van der Waals surface area contributed by atoms with Gasteiger partial charge in [0.2, 0.25) is 0 Å². The number of hydrogen-bond donors (Lipinski definition) is 2. The normalized spacial score (nSPS) is 13.2. The summed E-state index contributed by atoms with van der Waals surface area (Å²) in [5.41, 5.74) is 0.823. The van der Waals surface area contributed by atoms with Crippen LogP contribution in [-0.4, -0.2) is 36.4 Å². The van der Waals surface area contributed by atoms with Gasteiger partial charge in [0.05, 0.1) is 13.2 Å². The first kappa shape index (κ1) is 15.0. The first-order valence-corrected chi connectivity index (χ1v) is 5.77. The van der Waals surface area contributed by atoms with Crippen LogP contribution in [-0.2, 0) is 20.9 Å². The molecular weight excluding hydrogens is 250 g/mol. The number of aliphatic hydroxyl groups excluding tert-OH is 1. The lowest BCUT2D eigenvalue weighted by Crippen LogP contribution is -2.48. The summed E-state index contributed by atoms with van der Waals surface area (Å²) < 4.78 is 9.40. The Labute approximate surface area is 111 Å². The Morgan fingerprint density at radius 1 is 1.32 bits per heavy atom. The van der Waals surface area contributed by atoms with Gasteiger partial charge < -0.3 is 19.9 Å². The maximum atomic E-state index is 11.5. The van der Waals surface area contributed by atoms with Crippen molar-refractivity contribution in [2.45, 2.75) is 25.7 Å². The number of hydrogen-bond acceptors (Lipinski definition) is 5. The molecule has 2 atom stereocenters. The van der Waals surface area contributed by atoms with Crippen LogP contribution in [0.3, 0.4) is 0 Å². The molecule has 0 bridgehead atoms. The zero-order valence-electron chi connectivity index (χ0n) is 10.8. The summed E-state index contributed by atoms with van der Waals surface area (Å²) in [7, 11) is 1.18. The van der Waals surface area contributed by atoms with Gasteiger partial charge in [-0.25, -0.2) is 9.59 Å². The number of ether oxygens (including phenoxy) is 2. The highest BCUT2D eigenvalue weighted by atomic mass is 16.6. The zero-order valence-corrected chi connectivity index (χ0v) is 10.8. The van der Waals surface area contributed by atoms with Gasteiger partial charge in [-0.1, -0.05) is 30.3 Å². The van der Waals surface area contributed by atoms with Gasteiger partial charge in [-0.3, -0.25) is 0 Å². The van der Waals surface area contributed by atoms with E-state index in [-0.39, 0.29) is 6.61 Å². The van der Waals surface area contributed by atoms with Crippen molar-refractivity contribution in [3.63, 3.8) is 0 Å². The topological polar surface area (TPSA) is 84.9 Å². The van der Waals surface area contributed by atoms with Gasteiger partial charge in [-0.05, 0) is 12.5 Å². The van der Waals surface area contributed by atoms with Crippen LogP contribution in [0.15, 0.2) is 30.3 Å². The summed E-state index contributed by atoms with van der Waals surface area (Å²) in [6.45, 7) is 1.46. The number of benzene rings is 1. The van der Waals surface area contributed by atoms with Crippen molar-refractivity contribution < 1.29 is 24.2 Å². The van der Waals surface area contributed by atoms with E-state index in [4.69, 9.17) is 4.74 Å². The molecule has 2 N–H and O–H groups in total. The Morgan fingerprint density at radius 2 is 1.95 bits per heavy atom. The van der Waals surface area contributed by atoms with Gasteiger partial charge in [0, 0.05) is 0 Å². The maximum absolute atomic E-state index is 11.5. The smallest absolute Gasteiger partial charge is 0.408 e. The first-order chi connectivity index (χ1) is 9.04. The summed E-state index contributed by atoms with van der Waals surface area (Å²) >= 11 is 0. The molecule has 6 heteroatoms. The molecule has 0 heterocycles. The minimum Gasteiger partial charge on any atom is -0.467 e. The van der Waals surface area contributed by atoms with E-state index >= 15 is 0 Å². The molecular formula is C13H17NO5. The van der Waals surface area contributed by atoms with E-state index < -0.39 is 24.2 Å². The maximum Gasteiger partial charge on any atom is 0.408 e. The number of esters is 1. The van der Waals surface area contributed by atoms with Crippen molar-refractivity contribution in [3.8, 4) is 0 Å². The van der Waals surface area contributed by atoms with Gasteiger partial charge in [0.1, 0.15) is 6.61 Å². The number of amides is 1. The van der Waals surface area contributed by atoms with Gasteiger partial charge in [-0.15, -0.1) is 0 Å². The Balaban J connectivity index is 2.47. The Morgan fingerprint density at radius 3 is 2.47 bits per heavy atom. The highest BCUT2D eigenvalue weighted by Crippen LogP contribution is 2.02. The molecule has 0 aromatic heterocycles. The van der Waals surface area contributed by atoms with Gasteiger partial charge in [-0.2, -0.15) is 0 Å². The highest BCUT2D eigenvalue weighted by molar-refractivity contribution is 5.81. The van der Waals surface area contributed by atoms with E-state index in [0.717, 1.165) is 5.56 Å². The third-order valence-corrected chi connectivity index (χ3v) is 2.42. The van der Waals surface area contributed by atoms with Gasteiger partial charge in [0.15, 0.2) is 6.04 Å². The van der Waals surface area contributed by atoms with E-state index in [2.05, 4.69) is 10.1 Å². The number of aliphatic hydroxyl groups is 1. The van der Waals surface area contributed by atoms with Crippen LogP contribution in [0, 0.1) is 0 Å². The average Bonchev–Trinajstić information content (AvgIpc) is 2.42. The number of methoxy groups -OCH3 is 1. The molecule has 0 aliphatic heterocycles. The van der Waals surface area contributed by atoms with Crippen LogP contribution in [0.1, 0.15) is 12.5 Å². The minimum absolute atomic E-state index is 0.0837. The number of carbonyl (C=O) groups is 2. The van der Waals surface area contributed by atoms with E-state index in [9.17, 15) is 14.7 Å². The Hall–Kier alpha value is -2.08. The highest BCUT2D eigenvalue weighted by Gasteiger charge is 2.26. The van der Waals surface area contributed by atoms with E-state index in [1.54, 1.807) is 12.1 Å². The molecule has 0 spiro atoms. The number of rotatable bonds is 5. The predicted octanol–water partition coefficient (Wildman–Crippen LogP) is 0.835. The molecule has 0 aliphatic carbocycles. The molecule has 19 heavy (non-hydrogen) atoms. The minimum atomic E-state index is -1.15. The van der Waals surface area contributed by atoms with Crippen molar-refractivity contribution in [3.05, 3.63) is 35.9 Å². The third kappa shape index (κ3) is 4.97. The second-order valence-electron chi connectivity index (χ2n) is 3.95. The van der Waals surface area contributed by atoms with Gasteiger partial charge in [0.25, 0.3) is 0 Å². The second kappa shape index (κ2) is 7.38. The number of carbonyl (C=O) groups excluding carboxylic acids is 2. The molecule has 0 saturated heterocycles. The molecule has 0 radical (unpaired) electrons. The standard InChI is InChI=1S/C13H17NO5/c1-9(15)11(12(16)18-2)14-13(17)19-8-10-6-4-3-5-7-10/h3-7,9,11,15H,8H2,1-2H3,(H,14,17). The fraction of sp³-hybridized carbons (Fsp3) is 0.385. The van der Waals surface area contributed by atoms with E-state index in [1.807, 2.05) is 18.2 Å². The molecule has 1 aromatic rings. The van der Waals surface area contributed by atoms with Crippen molar-refractivity contribution in [2.24, 2.45) is 0 Å². The van der Waals surface area contributed by atoms with Crippen LogP contribution in [0.4, 0.5) is 4.79 Å². The summed E-state index contributed by atoms with van der Waals surface area (Å²) in [6, 6.07) is 7.96. The third-order valence-electron chi connectivity index (χ3n) is 2.42. The molecule has 104 valence electrons. The van der Waals surface area contributed by atoms with Crippen molar-refractivity contribution in [1.29, 1.82) is 0 Å².